The highest BCUT2D eigenvalue weighted by molar-refractivity contribution is 6.31. The van der Waals surface area contributed by atoms with E-state index < -0.39 is 50.3 Å². The molecule has 0 saturated carbocycles. The molecule has 4 bridgehead atoms. The van der Waals surface area contributed by atoms with Gasteiger partial charge in [-0.1, -0.05) is 72.3 Å². The fourth-order valence-corrected chi connectivity index (χ4v) is 5.30. The summed E-state index contributed by atoms with van der Waals surface area (Å²) in [6.07, 6.45) is -10.3. The van der Waals surface area contributed by atoms with E-state index in [2.05, 4.69) is 0 Å². The summed E-state index contributed by atoms with van der Waals surface area (Å²) in [6, 6.07) is 17.2. The van der Waals surface area contributed by atoms with E-state index in [-0.39, 0.29) is 16.1 Å². The van der Waals surface area contributed by atoms with Gasteiger partial charge in [-0.2, -0.15) is 26.3 Å². The van der Waals surface area contributed by atoms with Crippen LogP contribution in [0.5, 0.6) is 0 Å². The van der Waals surface area contributed by atoms with E-state index in [4.69, 9.17) is 11.6 Å². The Morgan fingerprint density at radius 1 is 0.615 bits per heavy atom. The van der Waals surface area contributed by atoms with Gasteiger partial charge in [0.25, 0.3) is 0 Å². The molecule has 39 heavy (non-hydrogen) atoms. The van der Waals surface area contributed by atoms with Crippen molar-refractivity contribution >= 4 is 45.0 Å². The molecule has 4 heterocycles. The molecule has 8 rings (SSSR count). The van der Waals surface area contributed by atoms with E-state index in [1.54, 1.807) is 48.5 Å². The van der Waals surface area contributed by atoms with Crippen LogP contribution in [0.2, 0.25) is 5.02 Å². The molecule has 2 amide bonds. The van der Waals surface area contributed by atoms with Gasteiger partial charge in [-0.3, -0.25) is 9.59 Å². The predicted octanol–water partition coefficient (Wildman–Crippen LogP) is 7.14. The second-order valence-corrected chi connectivity index (χ2v) is 9.70. The molecule has 4 aromatic rings. The maximum absolute atomic E-state index is 13.7. The number of benzene rings is 4. The Hall–Kier alpha value is -3.79. The molecule has 0 radical (unpaired) electrons. The third kappa shape index (κ3) is 5.13. The Labute approximate surface area is 223 Å². The fourth-order valence-electron chi connectivity index (χ4n) is 5.03. The van der Waals surface area contributed by atoms with Crippen molar-refractivity contribution < 1.29 is 35.9 Å². The molecule has 11 heteroatoms. The molecule has 0 unspecified atom stereocenters. The van der Waals surface area contributed by atoms with Crippen molar-refractivity contribution in [1.82, 2.24) is 9.80 Å². The van der Waals surface area contributed by atoms with Crippen molar-refractivity contribution in [3.63, 3.8) is 0 Å². The minimum atomic E-state index is -5.15. The predicted molar refractivity (Wildman–Crippen MR) is 134 cm³/mol. The molecule has 4 aromatic carbocycles. The van der Waals surface area contributed by atoms with Crippen molar-refractivity contribution in [3.05, 3.63) is 94.0 Å². The summed E-state index contributed by atoms with van der Waals surface area (Å²) < 4.78 is 82.1. The second kappa shape index (κ2) is 9.75. The standard InChI is InChI=1S/C28H19ClF6N2O2/c29-24-11-16-9-10-17(24)13-37(26(39)28(33,34)35)15-23-20-7-3-1-5-18(20)22(19-6-2-4-8-21(19)23)14-36(12-16)25(38)27(30,31)32/h1-11H,12-15H2. The Bertz CT molecular complexity index is 1560. The average molecular weight is 565 g/mol. The van der Waals surface area contributed by atoms with Crippen LogP contribution in [-0.2, 0) is 35.8 Å². The van der Waals surface area contributed by atoms with E-state index in [1.807, 2.05) is 0 Å². The van der Waals surface area contributed by atoms with E-state index in [1.165, 1.54) is 18.2 Å². The topological polar surface area (TPSA) is 40.6 Å². The van der Waals surface area contributed by atoms with Gasteiger partial charge in [0.2, 0.25) is 0 Å². The summed E-state index contributed by atoms with van der Waals surface area (Å²) in [4.78, 5) is 26.5. The van der Waals surface area contributed by atoms with E-state index >= 15 is 0 Å². The fraction of sp³-hybridized carbons (Fsp3) is 0.214. The normalized spacial score (nSPS) is 14.7. The van der Waals surface area contributed by atoms with Crippen molar-refractivity contribution in [3.8, 4) is 0 Å². The largest absolute Gasteiger partial charge is 0.471 e. The number of hydrogen-bond acceptors (Lipinski definition) is 2. The quantitative estimate of drug-likeness (QED) is 0.168. The second-order valence-electron chi connectivity index (χ2n) is 9.29. The molecule has 4 aliphatic heterocycles. The molecule has 0 N–H and O–H groups in total. The number of alkyl halides is 6. The molecule has 4 nitrogen and oxygen atoms in total. The van der Waals surface area contributed by atoms with Crippen LogP contribution >= 0.6 is 11.6 Å². The van der Waals surface area contributed by atoms with Crippen LogP contribution in [-0.4, -0.2) is 34.0 Å². The van der Waals surface area contributed by atoms with E-state index in [9.17, 15) is 35.9 Å². The highest BCUT2D eigenvalue weighted by atomic mass is 35.5. The monoisotopic (exact) mass is 564 g/mol. The van der Waals surface area contributed by atoms with Crippen LogP contribution in [0.1, 0.15) is 22.3 Å². The van der Waals surface area contributed by atoms with Gasteiger partial charge in [0.05, 0.1) is 0 Å². The highest BCUT2D eigenvalue weighted by Crippen LogP contribution is 2.37. The van der Waals surface area contributed by atoms with Gasteiger partial charge in [-0.25, -0.2) is 0 Å². The summed E-state index contributed by atoms with van der Waals surface area (Å²) in [5.41, 5.74) is 1.21. The number of carbonyl (C=O) groups excluding carboxylic acids is 2. The zero-order valence-corrected chi connectivity index (χ0v) is 20.8. The Kier molecular flexibility index (Phi) is 6.70. The van der Waals surface area contributed by atoms with Gasteiger partial charge in [-0.15, -0.1) is 0 Å². The minimum absolute atomic E-state index is 0.0347. The summed E-state index contributed by atoms with van der Waals surface area (Å²) in [5, 5.41) is 1.82. The molecular formula is C28H19ClF6N2O2. The third-order valence-electron chi connectivity index (χ3n) is 6.76. The Morgan fingerprint density at radius 2 is 1.03 bits per heavy atom. The number of hydrogen-bond donors (Lipinski definition) is 0. The maximum atomic E-state index is 13.7. The van der Waals surface area contributed by atoms with Gasteiger partial charge < -0.3 is 9.80 Å². The highest BCUT2D eigenvalue weighted by Gasteiger charge is 2.44. The van der Waals surface area contributed by atoms with Gasteiger partial charge in [0.15, 0.2) is 0 Å². The molecule has 4 aliphatic rings. The van der Waals surface area contributed by atoms with Crippen molar-refractivity contribution in [1.29, 1.82) is 0 Å². The first-order chi connectivity index (χ1) is 18.3. The van der Waals surface area contributed by atoms with Gasteiger partial charge in [-0.05, 0) is 49.9 Å². The first-order valence-electron chi connectivity index (χ1n) is 11.8. The molecule has 0 aromatic heterocycles. The number of rotatable bonds is 0. The SMILES string of the molecule is O=C(N1Cc2ccc(c(Cl)c2)CN(C(=O)C(F)(F)F)Cc2c3ccccc3c(c3ccccc23)C1)C(F)(F)F. The van der Waals surface area contributed by atoms with Crippen LogP contribution < -0.4 is 0 Å². The summed E-state index contributed by atoms with van der Waals surface area (Å²) in [7, 11) is 0. The molecule has 0 atom stereocenters. The first kappa shape index (κ1) is 26.8. The lowest BCUT2D eigenvalue weighted by atomic mass is 9.90. The lowest BCUT2D eigenvalue weighted by Gasteiger charge is -2.29. The lowest BCUT2D eigenvalue weighted by molar-refractivity contribution is -0.186. The summed E-state index contributed by atoms with van der Waals surface area (Å²) >= 11 is 6.32. The zero-order valence-electron chi connectivity index (χ0n) is 20.0. The zero-order chi connectivity index (χ0) is 28.1. The molecule has 0 aliphatic carbocycles. The van der Waals surface area contributed by atoms with Crippen LogP contribution in [0.3, 0.4) is 0 Å². The van der Waals surface area contributed by atoms with Crippen LogP contribution in [0.25, 0.3) is 21.5 Å². The van der Waals surface area contributed by atoms with Crippen molar-refractivity contribution in [2.45, 2.75) is 38.5 Å². The van der Waals surface area contributed by atoms with Gasteiger partial charge >= 0.3 is 24.2 Å². The maximum Gasteiger partial charge on any atom is 0.471 e. The minimum Gasteiger partial charge on any atom is -0.326 e. The van der Waals surface area contributed by atoms with Crippen LogP contribution in [0, 0.1) is 0 Å². The lowest BCUT2D eigenvalue weighted by Crippen LogP contribution is -2.41. The van der Waals surface area contributed by atoms with Crippen molar-refractivity contribution in [2.75, 3.05) is 0 Å². The Morgan fingerprint density at radius 3 is 1.41 bits per heavy atom. The first-order valence-corrected chi connectivity index (χ1v) is 12.1. The molecule has 0 spiro atoms. The van der Waals surface area contributed by atoms with Crippen LogP contribution in [0.15, 0.2) is 66.7 Å². The van der Waals surface area contributed by atoms with E-state index in [0.717, 1.165) is 0 Å². The van der Waals surface area contributed by atoms with Gasteiger partial charge in [0.1, 0.15) is 0 Å². The van der Waals surface area contributed by atoms with Crippen LogP contribution in [0.4, 0.5) is 26.3 Å². The van der Waals surface area contributed by atoms with Crippen molar-refractivity contribution in [2.24, 2.45) is 0 Å². The smallest absolute Gasteiger partial charge is 0.326 e. The number of carbonyl (C=O) groups is 2. The summed E-state index contributed by atoms with van der Waals surface area (Å²) in [6.45, 7) is -1.81. The Balaban J connectivity index is 1.82. The summed E-state index contributed by atoms with van der Waals surface area (Å²) in [5.74, 6) is -4.08. The molecule has 0 saturated heterocycles. The third-order valence-corrected chi connectivity index (χ3v) is 7.12. The van der Waals surface area contributed by atoms with Gasteiger partial charge in [0, 0.05) is 31.2 Å². The number of nitrogens with zero attached hydrogens (tertiary/aromatic N) is 2. The number of amides is 2. The van der Waals surface area contributed by atoms with E-state index in [0.29, 0.717) is 42.5 Å². The molecule has 0 fully saturated rings. The number of halogens is 7. The average Bonchev–Trinajstić information content (AvgIpc) is 2.88. The molecule has 202 valence electrons. The molecular weight excluding hydrogens is 546 g/mol.